The molecular formula is C46H23BF20S. The fourth-order valence-electron chi connectivity index (χ4n) is 7.56. The molecule has 0 spiro atoms. The SMILES string of the molecule is Fc1c(F)c(F)c(C[B-](Cc2c(F)c(F)c(F)c(F)c2F)(Cc2c(F)c(F)c(F)c(F)c2F)Cc2c(F)c(F)c(F)c(F)c2F)c(F)c1F.c1ccc([S+](c2ccccc2)c2ccccc2)cc1. The second-order valence-electron chi connectivity index (χ2n) is 15.0. The van der Waals surface area contributed by atoms with Crippen molar-refractivity contribution in [2.75, 3.05) is 0 Å². The molecule has 0 N–H and O–H groups in total. The molecular weight excluding hydrogens is 975 g/mol. The maximum atomic E-state index is 14.9. The summed E-state index contributed by atoms with van der Waals surface area (Å²) in [6, 6.07) is 32.2. The molecule has 7 aromatic rings. The molecule has 0 heterocycles. The third kappa shape index (κ3) is 9.64. The highest BCUT2D eigenvalue weighted by Gasteiger charge is 2.40. The maximum Gasteiger partial charge on any atom is 0.200 e. The fraction of sp³-hybridized carbons (Fsp3) is 0.0870. The molecule has 0 bridgehead atoms. The van der Waals surface area contributed by atoms with Crippen LogP contribution < -0.4 is 0 Å². The molecule has 0 nitrogen and oxygen atoms in total. The lowest BCUT2D eigenvalue weighted by Crippen LogP contribution is -2.49. The molecule has 22 heteroatoms. The summed E-state index contributed by atoms with van der Waals surface area (Å²) in [5, 5.41) is 0. The van der Waals surface area contributed by atoms with Crippen LogP contribution in [0, 0.1) is 116 Å². The molecule has 68 heavy (non-hydrogen) atoms. The number of hydrogen-bond donors (Lipinski definition) is 0. The molecule has 0 aromatic heterocycles. The second-order valence-corrected chi connectivity index (χ2v) is 17.0. The van der Waals surface area contributed by atoms with Crippen LogP contribution in [0.1, 0.15) is 22.3 Å². The molecule has 0 aliphatic rings. The largest absolute Gasteiger partial charge is 0.203 e. The van der Waals surface area contributed by atoms with E-state index in [2.05, 4.69) is 91.0 Å². The van der Waals surface area contributed by atoms with Crippen molar-refractivity contribution >= 4 is 17.0 Å². The number of halogens is 20. The van der Waals surface area contributed by atoms with E-state index in [9.17, 15) is 87.8 Å². The minimum Gasteiger partial charge on any atom is -0.203 e. The molecule has 7 aromatic carbocycles. The average molecular weight is 999 g/mol. The van der Waals surface area contributed by atoms with Gasteiger partial charge in [0, 0.05) is 6.15 Å². The van der Waals surface area contributed by atoms with E-state index in [0.717, 1.165) is 0 Å². The highest BCUT2D eigenvalue weighted by Crippen LogP contribution is 2.38. The van der Waals surface area contributed by atoms with Gasteiger partial charge in [0.2, 0.25) is 23.3 Å². The quantitative estimate of drug-likeness (QED) is 0.0398. The lowest BCUT2D eigenvalue weighted by Gasteiger charge is -2.41. The standard InChI is InChI=1S/C28H8BF20.C18H15S/c30-9-5(10(31)18(39)25(46)17(9)38)1-29(2-6-11(32)19(40)26(47)20(41)12(6)33,3-7-13(34)21(42)27(48)22(43)14(7)35)4-8-15(36)23(44)28(49)24(45)16(8)37;1-4-10-16(11-5-1)19(17-12-6-2-7-13-17)18-14-8-3-9-15-18/h1-4H2;1-15H/q-1;+1. The highest BCUT2D eigenvalue weighted by molar-refractivity contribution is 7.97. The molecule has 7 rings (SSSR count). The van der Waals surface area contributed by atoms with Gasteiger partial charge in [0.25, 0.3) is 0 Å². The van der Waals surface area contributed by atoms with Gasteiger partial charge in [-0.05, 0) is 58.7 Å². The Bertz CT molecular complexity index is 2530. The molecule has 0 saturated carbocycles. The summed E-state index contributed by atoms with van der Waals surface area (Å²) in [5.41, 5.74) is -8.97. The van der Waals surface area contributed by atoms with Gasteiger partial charge in [-0.15, -0.1) is 25.3 Å². The maximum absolute atomic E-state index is 14.9. The molecule has 0 atom stereocenters. The Labute approximate surface area is 373 Å². The van der Waals surface area contributed by atoms with E-state index in [0.29, 0.717) is 0 Å². The molecule has 0 aliphatic heterocycles. The smallest absolute Gasteiger partial charge is 0.200 e. The Morgan fingerprint density at radius 1 is 0.221 bits per heavy atom. The lowest BCUT2D eigenvalue weighted by atomic mass is 9.16. The summed E-state index contributed by atoms with van der Waals surface area (Å²) in [6.07, 6.45) is -13.9. The third-order valence-electron chi connectivity index (χ3n) is 10.7. The second kappa shape index (κ2) is 20.4. The van der Waals surface area contributed by atoms with Crippen molar-refractivity contribution in [1.29, 1.82) is 0 Å². The van der Waals surface area contributed by atoms with Gasteiger partial charge in [0.05, 0.1) is 10.9 Å². The first-order valence-electron chi connectivity index (χ1n) is 19.2. The zero-order valence-corrected chi connectivity index (χ0v) is 34.4. The van der Waals surface area contributed by atoms with Crippen molar-refractivity contribution in [3.8, 4) is 0 Å². The lowest BCUT2D eigenvalue weighted by molar-refractivity contribution is 0.368. The first-order chi connectivity index (χ1) is 32.0. The van der Waals surface area contributed by atoms with Crippen molar-refractivity contribution in [1.82, 2.24) is 0 Å². The average Bonchev–Trinajstić information content (AvgIpc) is 3.35. The number of benzene rings is 7. The minimum absolute atomic E-state index is 0.0146. The molecule has 0 amide bonds. The fourth-order valence-corrected chi connectivity index (χ4v) is 9.67. The topological polar surface area (TPSA) is 0 Å². The predicted molar refractivity (Wildman–Crippen MR) is 207 cm³/mol. The van der Waals surface area contributed by atoms with Crippen molar-refractivity contribution in [2.24, 2.45) is 0 Å². The van der Waals surface area contributed by atoms with E-state index in [1.54, 1.807) is 0 Å². The van der Waals surface area contributed by atoms with E-state index in [4.69, 9.17) is 0 Å². The molecule has 0 fully saturated rings. The van der Waals surface area contributed by atoms with E-state index in [-0.39, 0.29) is 10.9 Å². The molecule has 0 unspecified atom stereocenters. The van der Waals surface area contributed by atoms with Gasteiger partial charge in [-0.3, -0.25) is 0 Å². The Hall–Kier alpha value is -6.45. The Morgan fingerprint density at radius 2 is 0.368 bits per heavy atom. The van der Waals surface area contributed by atoms with Gasteiger partial charge in [-0.2, -0.15) is 0 Å². The molecule has 0 aliphatic carbocycles. The van der Waals surface area contributed by atoms with Crippen LogP contribution in [0.3, 0.4) is 0 Å². The van der Waals surface area contributed by atoms with Crippen molar-refractivity contribution in [3.63, 3.8) is 0 Å². The van der Waals surface area contributed by atoms with E-state index < -0.39 is 170 Å². The first-order valence-corrected chi connectivity index (χ1v) is 20.4. The van der Waals surface area contributed by atoms with Crippen molar-refractivity contribution in [3.05, 3.63) is 230 Å². The van der Waals surface area contributed by atoms with Crippen LogP contribution in [0.2, 0.25) is 0 Å². The molecule has 0 radical (unpaired) electrons. The zero-order valence-electron chi connectivity index (χ0n) is 33.5. The highest BCUT2D eigenvalue weighted by atomic mass is 32.2. The van der Waals surface area contributed by atoms with Crippen LogP contribution in [0.25, 0.3) is 0 Å². The summed E-state index contributed by atoms with van der Waals surface area (Å²) in [5.74, 6) is -57.8. The molecule has 0 saturated heterocycles. The van der Waals surface area contributed by atoms with E-state index in [1.165, 1.54) is 14.7 Å². The van der Waals surface area contributed by atoms with Gasteiger partial charge in [-0.1, -0.05) is 54.6 Å². The normalized spacial score (nSPS) is 11.6. The van der Waals surface area contributed by atoms with Gasteiger partial charge in [0.15, 0.2) is 108 Å². The summed E-state index contributed by atoms with van der Waals surface area (Å²) in [7, 11) is -0.0146. The van der Waals surface area contributed by atoms with Gasteiger partial charge >= 0.3 is 0 Å². The van der Waals surface area contributed by atoms with Gasteiger partial charge in [0.1, 0.15) is 0 Å². The van der Waals surface area contributed by atoms with Crippen LogP contribution in [0.15, 0.2) is 106 Å². The van der Waals surface area contributed by atoms with Gasteiger partial charge in [-0.25, -0.2) is 87.8 Å². The van der Waals surface area contributed by atoms with Crippen LogP contribution in [0.5, 0.6) is 0 Å². The third-order valence-corrected chi connectivity index (χ3v) is 12.9. The molecule has 356 valence electrons. The van der Waals surface area contributed by atoms with Crippen LogP contribution in [0.4, 0.5) is 87.8 Å². The number of hydrogen-bond acceptors (Lipinski definition) is 0. The monoisotopic (exact) mass is 998 g/mol. The zero-order chi connectivity index (χ0) is 50.1. The number of rotatable bonds is 11. The van der Waals surface area contributed by atoms with E-state index >= 15 is 0 Å². The summed E-state index contributed by atoms with van der Waals surface area (Å²) >= 11 is 0. The Kier molecular flexibility index (Phi) is 15.3. The minimum atomic E-state index is -4.78. The Balaban J connectivity index is 0.000000330. The summed E-state index contributed by atoms with van der Waals surface area (Å²) in [4.78, 5) is 4.08. The van der Waals surface area contributed by atoms with Gasteiger partial charge < -0.3 is 0 Å². The van der Waals surface area contributed by atoms with Crippen molar-refractivity contribution < 1.29 is 87.8 Å². The van der Waals surface area contributed by atoms with Crippen LogP contribution in [-0.4, -0.2) is 6.15 Å². The van der Waals surface area contributed by atoms with Crippen molar-refractivity contribution in [2.45, 2.75) is 40.0 Å². The summed E-state index contributed by atoms with van der Waals surface area (Å²) in [6.45, 7) is 0. The first kappa shape index (κ1) is 51.0. The summed E-state index contributed by atoms with van der Waals surface area (Å²) < 4.78 is 288. The Morgan fingerprint density at radius 3 is 0.529 bits per heavy atom. The van der Waals surface area contributed by atoms with E-state index in [1.807, 2.05) is 0 Å². The van der Waals surface area contributed by atoms with Crippen LogP contribution in [-0.2, 0) is 36.2 Å². The van der Waals surface area contributed by atoms with Crippen LogP contribution >= 0.6 is 0 Å². The predicted octanol–water partition coefficient (Wildman–Crippen LogP) is 14.1.